The molecule has 14 heavy (non-hydrogen) atoms. The van der Waals surface area contributed by atoms with Crippen molar-refractivity contribution in [3.63, 3.8) is 0 Å². The van der Waals surface area contributed by atoms with Gasteiger partial charge in [0.05, 0.1) is 17.7 Å². The number of nitrogens with two attached hydrogens (primary N) is 1. The standard InChI is InChI=1S/C9H8F2N2.ClH/c10-9(11)8(13)7-3-1-2-6(4-7)5-12;/h1-4,8-9H,13H2;1H/t8-;/m0./s1. The summed E-state index contributed by atoms with van der Waals surface area (Å²) in [5.74, 6) is 0. The molecule has 1 aromatic carbocycles. The fraction of sp³-hybridized carbons (Fsp3) is 0.222. The first-order valence-corrected chi connectivity index (χ1v) is 3.69. The van der Waals surface area contributed by atoms with E-state index in [-0.39, 0.29) is 18.0 Å². The molecule has 2 nitrogen and oxygen atoms in total. The van der Waals surface area contributed by atoms with Gasteiger partial charge in [-0.25, -0.2) is 8.78 Å². The molecule has 0 heterocycles. The van der Waals surface area contributed by atoms with Gasteiger partial charge in [0.15, 0.2) is 0 Å². The highest BCUT2D eigenvalue weighted by atomic mass is 35.5. The second-order valence-electron chi connectivity index (χ2n) is 2.60. The molecule has 1 aromatic rings. The third-order valence-electron chi connectivity index (χ3n) is 1.67. The minimum absolute atomic E-state index is 0. The van der Waals surface area contributed by atoms with E-state index in [1.165, 1.54) is 18.2 Å². The third-order valence-corrected chi connectivity index (χ3v) is 1.67. The van der Waals surface area contributed by atoms with Crippen LogP contribution in [-0.2, 0) is 0 Å². The smallest absolute Gasteiger partial charge is 0.257 e. The Morgan fingerprint density at radius 2 is 2.00 bits per heavy atom. The van der Waals surface area contributed by atoms with Crippen LogP contribution < -0.4 is 5.73 Å². The maximum Gasteiger partial charge on any atom is 0.257 e. The van der Waals surface area contributed by atoms with E-state index in [9.17, 15) is 8.78 Å². The average molecular weight is 219 g/mol. The Kier molecular flexibility index (Phi) is 5.06. The lowest BCUT2D eigenvalue weighted by atomic mass is 10.1. The molecule has 1 atom stereocenters. The molecular weight excluding hydrogens is 210 g/mol. The fourth-order valence-corrected chi connectivity index (χ4v) is 0.961. The molecule has 0 fully saturated rings. The summed E-state index contributed by atoms with van der Waals surface area (Å²) in [5.41, 5.74) is 5.83. The van der Waals surface area contributed by atoms with Crippen LogP contribution in [0.15, 0.2) is 24.3 Å². The first-order valence-electron chi connectivity index (χ1n) is 3.69. The molecule has 0 spiro atoms. The van der Waals surface area contributed by atoms with Crippen molar-refractivity contribution >= 4 is 12.4 Å². The Morgan fingerprint density at radius 1 is 1.36 bits per heavy atom. The van der Waals surface area contributed by atoms with E-state index in [1.54, 1.807) is 6.07 Å². The van der Waals surface area contributed by atoms with Crippen molar-refractivity contribution in [1.82, 2.24) is 0 Å². The SMILES string of the molecule is Cl.N#Cc1cccc([C@H](N)C(F)F)c1. The fourth-order valence-electron chi connectivity index (χ4n) is 0.961. The second kappa shape index (κ2) is 5.53. The van der Waals surface area contributed by atoms with Crippen LogP contribution in [-0.4, -0.2) is 6.43 Å². The van der Waals surface area contributed by atoms with Crippen LogP contribution in [0.1, 0.15) is 17.2 Å². The minimum Gasteiger partial charge on any atom is -0.319 e. The molecule has 0 bridgehead atoms. The molecule has 0 unspecified atom stereocenters. The van der Waals surface area contributed by atoms with Gasteiger partial charge in [-0.15, -0.1) is 12.4 Å². The van der Waals surface area contributed by atoms with Gasteiger partial charge < -0.3 is 5.73 Å². The normalized spacial score (nSPS) is 11.6. The number of rotatable bonds is 2. The molecule has 2 N–H and O–H groups in total. The summed E-state index contributed by atoms with van der Waals surface area (Å²) in [5, 5.41) is 8.50. The van der Waals surface area contributed by atoms with Gasteiger partial charge in [-0.05, 0) is 17.7 Å². The first-order chi connectivity index (χ1) is 6.15. The van der Waals surface area contributed by atoms with E-state index in [0.29, 0.717) is 5.56 Å². The summed E-state index contributed by atoms with van der Waals surface area (Å²) in [4.78, 5) is 0. The predicted octanol–water partition coefficient (Wildman–Crippen LogP) is 2.24. The van der Waals surface area contributed by atoms with E-state index in [2.05, 4.69) is 0 Å². The summed E-state index contributed by atoms with van der Waals surface area (Å²) in [7, 11) is 0. The average Bonchev–Trinajstić information content (AvgIpc) is 2.16. The zero-order valence-electron chi connectivity index (χ0n) is 7.15. The van der Waals surface area contributed by atoms with Crippen LogP contribution in [0.3, 0.4) is 0 Å². The molecule has 0 saturated carbocycles. The second-order valence-corrected chi connectivity index (χ2v) is 2.60. The minimum atomic E-state index is -2.60. The Labute approximate surface area is 86.7 Å². The van der Waals surface area contributed by atoms with Crippen molar-refractivity contribution in [2.24, 2.45) is 5.73 Å². The molecule has 0 aromatic heterocycles. The molecule has 0 aliphatic rings. The Bertz CT molecular complexity index is 336. The van der Waals surface area contributed by atoms with Gasteiger partial charge in [0.2, 0.25) is 0 Å². The van der Waals surface area contributed by atoms with Gasteiger partial charge in [0.1, 0.15) is 0 Å². The van der Waals surface area contributed by atoms with Gasteiger partial charge in [-0.3, -0.25) is 0 Å². The quantitative estimate of drug-likeness (QED) is 0.828. The van der Waals surface area contributed by atoms with Crippen LogP contribution in [0.5, 0.6) is 0 Å². The van der Waals surface area contributed by atoms with Crippen LogP contribution in [0.25, 0.3) is 0 Å². The highest BCUT2D eigenvalue weighted by molar-refractivity contribution is 5.85. The maximum absolute atomic E-state index is 12.1. The van der Waals surface area contributed by atoms with Crippen molar-refractivity contribution in [3.05, 3.63) is 35.4 Å². The van der Waals surface area contributed by atoms with Gasteiger partial charge in [-0.2, -0.15) is 5.26 Å². The lowest BCUT2D eigenvalue weighted by Crippen LogP contribution is -2.18. The van der Waals surface area contributed by atoms with Crippen LogP contribution >= 0.6 is 12.4 Å². The number of halogens is 3. The van der Waals surface area contributed by atoms with E-state index in [1.807, 2.05) is 6.07 Å². The highest BCUT2D eigenvalue weighted by Gasteiger charge is 2.17. The van der Waals surface area contributed by atoms with Crippen molar-refractivity contribution in [2.75, 3.05) is 0 Å². The monoisotopic (exact) mass is 218 g/mol. The van der Waals surface area contributed by atoms with Crippen molar-refractivity contribution in [3.8, 4) is 6.07 Å². The van der Waals surface area contributed by atoms with E-state index >= 15 is 0 Å². The Morgan fingerprint density at radius 3 is 2.50 bits per heavy atom. The topological polar surface area (TPSA) is 49.8 Å². The van der Waals surface area contributed by atoms with Crippen LogP contribution in [0.4, 0.5) is 8.78 Å². The van der Waals surface area contributed by atoms with E-state index in [0.717, 1.165) is 0 Å². The molecule has 76 valence electrons. The third kappa shape index (κ3) is 2.95. The highest BCUT2D eigenvalue weighted by Crippen LogP contribution is 2.18. The van der Waals surface area contributed by atoms with Crippen LogP contribution in [0, 0.1) is 11.3 Å². The summed E-state index contributed by atoms with van der Waals surface area (Å²) in [6.45, 7) is 0. The molecule has 0 radical (unpaired) electrons. The zero-order valence-corrected chi connectivity index (χ0v) is 7.97. The summed E-state index contributed by atoms with van der Waals surface area (Å²) >= 11 is 0. The number of alkyl halides is 2. The number of hydrogen-bond donors (Lipinski definition) is 1. The van der Waals surface area contributed by atoms with Gasteiger partial charge in [-0.1, -0.05) is 12.1 Å². The first kappa shape index (κ1) is 12.8. The van der Waals surface area contributed by atoms with Crippen LogP contribution in [0.2, 0.25) is 0 Å². The number of hydrogen-bond acceptors (Lipinski definition) is 2. The summed E-state index contributed by atoms with van der Waals surface area (Å²) in [6, 6.07) is 6.49. The number of benzene rings is 1. The van der Waals surface area contributed by atoms with Crippen molar-refractivity contribution in [2.45, 2.75) is 12.5 Å². The van der Waals surface area contributed by atoms with Gasteiger partial charge in [0, 0.05) is 0 Å². The zero-order chi connectivity index (χ0) is 9.84. The summed E-state index contributed by atoms with van der Waals surface area (Å²) < 4.78 is 24.3. The lowest BCUT2D eigenvalue weighted by Gasteiger charge is -2.10. The lowest BCUT2D eigenvalue weighted by molar-refractivity contribution is 0.116. The molecule has 0 aliphatic heterocycles. The predicted molar refractivity (Wildman–Crippen MR) is 51.3 cm³/mol. The molecule has 5 heteroatoms. The van der Waals surface area contributed by atoms with Crippen molar-refractivity contribution < 1.29 is 8.78 Å². The van der Waals surface area contributed by atoms with Crippen molar-refractivity contribution in [1.29, 1.82) is 5.26 Å². The Balaban J connectivity index is 0.00000169. The van der Waals surface area contributed by atoms with E-state index in [4.69, 9.17) is 11.0 Å². The molecule has 0 amide bonds. The largest absolute Gasteiger partial charge is 0.319 e. The summed E-state index contributed by atoms with van der Waals surface area (Å²) in [6.07, 6.45) is -2.60. The number of nitriles is 1. The van der Waals surface area contributed by atoms with E-state index < -0.39 is 12.5 Å². The Hall–Kier alpha value is -1.18. The molecule has 0 aliphatic carbocycles. The molecular formula is C9H9ClF2N2. The van der Waals surface area contributed by atoms with Gasteiger partial charge >= 0.3 is 0 Å². The molecule has 0 saturated heterocycles. The van der Waals surface area contributed by atoms with Gasteiger partial charge in [0.25, 0.3) is 6.43 Å². The molecule has 1 rings (SSSR count). The number of nitrogens with zero attached hydrogens (tertiary/aromatic N) is 1. The maximum atomic E-state index is 12.1.